The summed E-state index contributed by atoms with van der Waals surface area (Å²) >= 11 is 0. The van der Waals surface area contributed by atoms with Crippen molar-refractivity contribution >= 4 is 11.6 Å². The van der Waals surface area contributed by atoms with Gasteiger partial charge in [-0.2, -0.15) is 5.10 Å². The van der Waals surface area contributed by atoms with Crippen LogP contribution in [0.2, 0.25) is 0 Å². The molecule has 0 atom stereocenters. The molecule has 0 bridgehead atoms. The van der Waals surface area contributed by atoms with E-state index in [2.05, 4.69) is 15.4 Å². The van der Waals surface area contributed by atoms with E-state index in [4.69, 9.17) is 5.73 Å². The average Bonchev–Trinajstić information content (AvgIpc) is 2.79. The van der Waals surface area contributed by atoms with Crippen molar-refractivity contribution in [2.75, 3.05) is 12.3 Å². The van der Waals surface area contributed by atoms with E-state index in [1.54, 1.807) is 7.05 Å². The van der Waals surface area contributed by atoms with Crippen molar-refractivity contribution in [2.24, 2.45) is 7.05 Å². The Morgan fingerprint density at radius 2 is 2.15 bits per heavy atom. The predicted octanol–water partition coefficient (Wildman–Crippen LogP) is 0.648. The molecule has 2 aromatic rings. The van der Waals surface area contributed by atoms with E-state index in [0.29, 0.717) is 18.3 Å². The molecule has 1 aromatic carbocycles. The first-order valence-electron chi connectivity index (χ1n) is 5.84. The largest absolute Gasteiger partial charge is 0.396 e. The minimum absolute atomic E-state index is 0.236. The molecule has 0 aliphatic heterocycles. The molecule has 1 heterocycles. The van der Waals surface area contributed by atoms with Gasteiger partial charge in [0.05, 0.1) is 11.3 Å². The van der Waals surface area contributed by atoms with E-state index in [1.807, 2.05) is 0 Å². The van der Waals surface area contributed by atoms with Crippen LogP contribution in [-0.2, 0) is 13.5 Å². The zero-order chi connectivity index (χ0) is 14.7. The molecule has 106 valence electrons. The number of nitrogen functional groups attached to an aromatic ring is 1. The third-order valence-corrected chi connectivity index (χ3v) is 2.61. The van der Waals surface area contributed by atoms with E-state index >= 15 is 0 Å². The maximum absolute atomic E-state index is 13.5. The molecule has 0 saturated heterocycles. The summed E-state index contributed by atoms with van der Waals surface area (Å²) in [6, 6.07) is 1.56. The van der Waals surface area contributed by atoms with E-state index in [0.717, 1.165) is 6.07 Å². The molecule has 20 heavy (non-hydrogen) atoms. The molecular weight excluding hydrogens is 268 g/mol. The van der Waals surface area contributed by atoms with Gasteiger partial charge in [0.25, 0.3) is 5.91 Å². The van der Waals surface area contributed by atoms with Crippen LogP contribution in [0.25, 0.3) is 0 Å². The molecule has 1 aromatic heterocycles. The van der Waals surface area contributed by atoms with Gasteiger partial charge in [0.2, 0.25) is 0 Å². The summed E-state index contributed by atoms with van der Waals surface area (Å²) in [4.78, 5) is 15.7. The standard InChI is InChI=1S/C12H13F2N5O/c1-19-6-17-11(18-19)2-3-16-12(20)7-4-10(15)9(14)5-8(7)13/h4-6H,2-3,15H2,1H3,(H,16,20). The van der Waals surface area contributed by atoms with Crippen LogP contribution in [-0.4, -0.2) is 27.2 Å². The van der Waals surface area contributed by atoms with Crippen LogP contribution in [0.3, 0.4) is 0 Å². The van der Waals surface area contributed by atoms with Crippen LogP contribution in [0.5, 0.6) is 0 Å². The minimum atomic E-state index is -0.954. The molecule has 0 radical (unpaired) electrons. The fourth-order valence-corrected chi connectivity index (χ4v) is 1.62. The van der Waals surface area contributed by atoms with Gasteiger partial charge in [-0.05, 0) is 6.07 Å². The molecule has 3 N–H and O–H groups in total. The van der Waals surface area contributed by atoms with E-state index in [-0.39, 0.29) is 17.8 Å². The number of carbonyl (C=O) groups is 1. The number of amides is 1. The second kappa shape index (κ2) is 5.64. The average molecular weight is 281 g/mol. The number of carbonyl (C=O) groups excluding carboxylic acids is 1. The first kappa shape index (κ1) is 13.9. The molecule has 0 aliphatic rings. The van der Waals surface area contributed by atoms with E-state index in [9.17, 15) is 13.6 Å². The number of hydrogen-bond donors (Lipinski definition) is 2. The first-order valence-corrected chi connectivity index (χ1v) is 5.84. The van der Waals surface area contributed by atoms with Crippen molar-refractivity contribution in [2.45, 2.75) is 6.42 Å². The predicted molar refractivity (Wildman–Crippen MR) is 67.8 cm³/mol. The quantitative estimate of drug-likeness (QED) is 0.806. The molecule has 1 amide bonds. The van der Waals surface area contributed by atoms with Crippen LogP contribution in [0.15, 0.2) is 18.5 Å². The lowest BCUT2D eigenvalue weighted by Gasteiger charge is -2.06. The fraction of sp³-hybridized carbons (Fsp3) is 0.250. The highest BCUT2D eigenvalue weighted by Gasteiger charge is 2.14. The van der Waals surface area contributed by atoms with Crippen LogP contribution >= 0.6 is 0 Å². The lowest BCUT2D eigenvalue weighted by Crippen LogP contribution is -2.27. The highest BCUT2D eigenvalue weighted by Crippen LogP contribution is 2.16. The Hall–Kier alpha value is -2.51. The topological polar surface area (TPSA) is 85.8 Å². The maximum Gasteiger partial charge on any atom is 0.254 e. The van der Waals surface area contributed by atoms with Gasteiger partial charge in [0.15, 0.2) is 5.82 Å². The molecule has 0 fully saturated rings. The van der Waals surface area contributed by atoms with Gasteiger partial charge < -0.3 is 11.1 Å². The van der Waals surface area contributed by atoms with Crippen LogP contribution in [0, 0.1) is 11.6 Å². The molecular formula is C12H13F2N5O. The summed E-state index contributed by atoms with van der Waals surface area (Å²) in [6.45, 7) is 0.236. The lowest BCUT2D eigenvalue weighted by atomic mass is 10.1. The Kier molecular flexibility index (Phi) is 3.92. The Morgan fingerprint density at radius 1 is 1.40 bits per heavy atom. The van der Waals surface area contributed by atoms with Gasteiger partial charge in [-0.25, -0.2) is 13.8 Å². The van der Waals surface area contributed by atoms with E-state index in [1.165, 1.54) is 11.0 Å². The molecule has 0 spiro atoms. The number of anilines is 1. The van der Waals surface area contributed by atoms with Crippen molar-refractivity contribution < 1.29 is 13.6 Å². The van der Waals surface area contributed by atoms with Crippen molar-refractivity contribution in [3.05, 3.63) is 41.5 Å². The number of aromatic nitrogens is 3. The molecule has 2 rings (SSSR count). The summed E-state index contributed by atoms with van der Waals surface area (Å²) < 4.78 is 28.0. The Morgan fingerprint density at radius 3 is 2.80 bits per heavy atom. The van der Waals surface area contributed by atoms with Gasteiger partial charge >= 0.3 is 0 Å². The maximum atomic E-state index is 13.5. The van der Waals surface area contributed by atoms with Crippen molar-refractivity contribution in [3.63, 3.8) is 0 Å². The Labute approximate surface area is 113 Å². The lowest BCUT2D eigenvalue weighted by molar-refractivity contribution is 0.0950. The fourth-order valence-electron chi connectivity index (χ4n) is 1.62. The second-order valence-electron chi connectivity index (χ2n) is 4.19. The number of aryl methyl sites for hydroxylation is 1. The Bertz CT molecular complexity index is 641. The summed E-state index contributed by atoms with van der Waals surface area (Å²) in [6.07, 6.45) is 1.95. The Balaban J connectivity index is 1.97. The second-order valence-corrected chi connectivity index (χ2v) is 4.19. The highest BCUT2D eigenvalue weighted by atomic mass is 19.1. The third-order valence-electron chi connectivity index (χ3n) is 2.61. The van der Waals surface area contributed by atoms with Gasteiger partial charge in [-0.3, -0.25) is 9.48 Å². The molecule has 6 nitrogen and oxygen atoms in total. The SMILES string of the molecule is Cn1cnc(CCNC(=O)c2cc(N)c(F)cc2F)n1. The highest BCUT2D eigenvalue weighted by molar-refractivity contribution is 5.95. The van der Waals surface area contributed by atoms with Gasteiger partial charge in [-0.15, -0.1) is 0 Å². The third kappa shape index (κ3) is 3.08. The van der Waals surface area contributed by atoms with Crippen molar-refractivity contribution in [3.8, 4) is 0 Å². The molecule has 0 unspecified atom stereocenters. The number of nitrogens with zero attached hydrogens (tertiary/aromatic N) is 3. The number of halogens is 2. The zero-order valence-electron chi connectivity index (χ0n) is 10.7. The smallest absolute Gasteiger partial charge is 0.254 e. The first-order chi connectivity index (χ1) is 9.47. The summed E-state index contributed by atoms with van der Waals surface area (Å²) in [5.74, 6) is -1.95. The van der Waals surface area contributed by atoms with E-state index < -0.39 is 17.5 Å². The number of rotatable bonds is 4. The summed E-state index contributed by atoms with van der Waals surface area (Å²) in [5, 5.41) is 6.53. The van der Waals surface area contributed by atoms with Gasteiger partial charge in [0, 0.05) is 26.1 Å². The molecule has 0 aliphatic carbocycles. The molecule has 8 heteroatoms. The van der Waals surface area contributed by atoms with Gasteiger partial charge in [0.1, 0.15) is 18.0 Å². The number of hydrogen-bond acceptors (Lipinski definition) is 4. The molecule has 0 saturated carbocycles. The van der Waals surface area contributed by atoms with Crippen molar-refractivity contribution in [1.29, 1.82) is 0 Å². The number of benzene rings is 1. The van der Waals surface area contributed by atoms with Crippen LogP contribution in [0.1, 0.15) is 16.2 Å². The number of nitrogens with two attached hydrogens (primary N) is 1. The van der Waals surface area contributed by atoms with Crippen LogP contribution < -0.4 is 11.1 Å². The summed E-state index contributed by atoms with van der Waals surface area (Å²) in [7, 11) is 1.73. The van der Waals surface area contributed by atoms with Gasteiger partial charge in [-0.1, -0.05) is 0 Å². The summed E-state index contributed by atoms with van der Waals surface area (Å²) in [5.41, 5.74) is 4.74. The van der Waals surface area contributed by atoms with Crippen LogP contribution in [0.4, 0.5) is 14.5 Å². The normalized spacial score (nSPS) is 10.6. The zero-order valence-corrected chi connectivity index (χ0v) is 10.7. The monoisotopic (exact) mass is 281 g/mol. The number of nitrogens with one attached hydrogen (secondary N) is 1. The van der Waals surface area contributed by atoms with Crippen molar-refractivity contribution in [1.82, 2.24) is 20.1 Å². The minimum Gasteiger partial charge on any atom is -0.396 e.